The van der Waals surface area contributed by atoms with E-state index in [1.807, 2.05) is 30.3 Å². The van der Waals surface area contributed by atoms with Crippen LogP contribution in [0.4, 0.5) is 0 Å². The smallest absolute Gasteiger partial charge is 0.264 e. The minimum absolute atomic E-state index is 0.114. The van der Waals surface area contributed by atoms with Crippen molar-refractivity contribution >= 4 is 0 Å². The molecule has 0 saturated carbocycles. The Morgan fingerprint density at radius 2 is 1.79 bits per heavy atom. The summed E-state index contributed by atoms with van der Waals surface area (Å²) in [5.41, 5.74) is 1.79. The average molecular weight is 382 g/mol. The lowest BCUT2D eigenvalue weighted by Crippen LogP contribution is -1.99. The molecule has 0 N–H and O–H groups in total. The lowest BCUT2D eigenvalue weighted by molar-refractivity contribution is 0.233. The highest BCUT2D eigenvalue weighted by molar-refractivity contribution is 5.65. The Morgan fingerprint density at radius 3 is 2.50 bits per heavy atom. The van der Waals surface area contributed by atoms with Crippen molar-refractivity contribution in [3.8, 4) is 34.4 Å². The molecule has 3 aromatic rings. The number of aromatic nitrogens is 2. The van der Waals surface area contributed by atoms with Gasteiger partial charge in [0.15, 0.2) is 18.1 Å². The largest absolute Gasteiger partial charge is 0.497 e. The van der Waals surface area contributed by atoms with E-state index in [1.165, 1.54) is 0 Å². The van der Waals surface area contributed by atoms with Gasteiger partial charge >= 0.3 is 0 Å². The quantitative estimate of drug-likeness (QED) is 0.516. The summed E-state index contributed by atoms with van der Waals surface area (Å²) in [5.74, 6) is 3.25. The van der Waals surface area contributed by atoms with Gasteiger partial charge in [-0.05, 0) is 36.2 Å². The molecule has 0 aliphatic heterocycles. The van der Waals surface area contributed by atoms with Gasteiger partial charge in [0.05, 0.1) is 26.9 Å². The van der Waals surface area contributed by atoms with Crippen molar-refractivity contribution in [2.24, 2.45) is 0 Å². The van der Waals surface area contributed by atoms with Gasteiger partial charge in [0.1, 0.15) is 11.5 Å². The zero-order valence-corrected chi connectivity index (χ0v) is 16.1. The van der Waals surface area contributed by atoms with Crippen molar-refractivity contribution in [1.82, 2.24) is 10.1 Å². The van der Waals surface area contributed by atoms with Gasteiger partial charge in [0.25, 0.3) is 5.89 Å². The second-order valence-corrected chi connectivity index (χ2v) is 5.84. The monoisotopic (exact) mass is 382 g/mol. The number of methoxy groups -OCH3 is 3. The number of hydrogen-bond acceptors (Lipinski definition) is 7. The summed E-state index contributed by atoms with van der Waals surface area (Å²) in [7, 11) is 4.77. The molecule has 0 saturated heterocycles. The van der Waals surface area contributed by atoms with Crippen LogP contribution >= 0.6 is 0 Å². The van der Waals surface area contributed by atoms with E-state index in [2.05, 4.69) is 16.7 Å². The predicted molar refractivity (Wildman–Crippen MR) is 104 cm³/mol. The van der Waals surface area contributed by atoms with Gasteiger partial charge in [0.2, 0.25) is 5.82 Å². The maximum atomic E-state index is 5.79. The molecule has 7 heteroatoms. The van der Waals surface area contributed by atoms with Crippen molar-refractivity contribution < 1.29 is 23.5 Å². The molecule has 0 unspecified atom stereocenters. The molecular formula is C21H22N2O5. The Hall–Kier alpha value is -3.48. The molecule has 0 bridgehead atoms. The van der Waals surface area contributed by atoms with Crippen LogP contribution in [0.15, 0.2) is 53.6 Å². The van der Waals surface area contributed by atoms with Crippen molar-refractivity contribution in [2.75, 3.05) is 21.3 Å². The summed E-state index contributed by atoms with van der Waals surface area (Å²) in [6, 6.07) is 11.1. The molecule has 28 heavy (non-hydrogen) atoms. The SMILES string of the molecule is C=CCc1ccc(OCc2nc(-c3ccc(OC)cc3OC)no2)c(OC)c1. The third-order valence-corrected chi connectivity index (χ3v) is 4.08. The van der Waals surface area contributed by atoms with Gasteiger partial charge in [0, 0.05) is 6.07 Å². The minimum Gasteiger partial charge on any atom is -0.497 e. The first-order valence-electron chi connectivity index (χ1n) is 8.64. The number of ether oxygens (including phenoxy) is 4. The molecule has 0 fully saturated rings. The van der Waals surface area contributed by atoms with E-state index in [0.29, 0.717) is 40.3 Å². The van der Waals surface area contributed by atoms with E-state index in [4.69, 9.17) is 23.5 Å². The van der Waals surface area contributed by atoms with E-state index < -0.39 is 0 Å². The van der Waals surface area contributed by atoms with Crippen molar-refractivity contribution in [2.45, 2.75) is 13.0 Å². The molecule has 3 rings (SSSR count). The highest BCUT2D eigenvalue weighted by atomic mass is 16.5. The van der Waals surface area contributed by atoms with E-state index >= 15 is 0 Å². The Balaban J connectivity index is 1.74. The van der Waals surface area contributed by atoms with E-state index in [9.17, 15) is 0 Å². The van der Waals surface area contributed by atoms with Crippen LogP contribution < -0.4 is 18.9 Å². The van der Waals surface area contributed by atoms with Crippen LogP contribution in [0.3, 0.4) is 0 Å². The highest BCUT2D eigenvalue weighted by Gasteiger charge is 2.15. The van der Waals surface area contributed by atoms with Gasteiger partial charge in [-0.25, -0.2) is 0 Å². The second kappa shape index (κ2) is 8.94. The Kier molecular flexibility index (Phi) is 6.16. The van der Waals surface area contributed by atoms with E-state index in [0.717, 1.165) is 12.0 Å². The predicted octanol–water partition coefficient (Wildman–Crippen LogP) is 4.07. The molecule has 7 nitrogen and oxygen atoms in total. The fourth-order valence-electron chi connectivity index (χ4n) is 2.67. The molecule has 0 aliphatic rings. The molecule has 0 amide bonds. The topological polar surface area (TPSA) is 75.8 Å². The lowest BCUT2D eigenvalue weighted by atomic mass is 10.1. The molecule has 146 valence electrons. The van der Waals surface area contributed by atoms with E-state index in [1.54, 1.807) is 33.5 Å². The molecule has 0 radical (unpaired) electrons. The number of nitrogens with zero attached hydrogens (tertiary/aromatic N) is 2. The Bertz CT molecular complexity index is 952. The van der Waals surface area contributed by atoms with Gasteiger partial charge in [-0.1, -0.05) is 17.3 Å². The second-order valence-electron chi connectivity index (χ2n) is 5.84. The van der Waals surface area contributed by atoms with Crippen molar-refractivity contribution in [3.05, 3.63) is 60.5 Å². The third-order valence-electron chi connectivity index (χ3n) is 4.08. The number of benzene rings is 2. The van der Waals surface area contributed by atoms with Crippen LogP contribution in [-0.2, 0) is 13.0 Å². The highest BCUT2D eigenvalue weighted by Crippen LogP contribution is 2.32. The normalized spacial score (nSPS) is 10.4. The molecule has 2 aromatic carbocycles. The molecule has 0 aliphatic carbocycles. The zero-order chi connectivity index (χ0) is 19.9. The summed E-state index contributed by atoms with van der Waals surface area (Å²) >= 11 is 0. The van der Waals surface area contributed by atoms with Gasteiger partial charge in [-0.3, -0.25) is 0 Å². The summed E-state index contributed by atoms with van der Waals surface area (Å²) in [6.45, 7) is 3.86. The first-order valence-corrected chi connectivity index (χ1v) is 8.64. The zero-order valence-electron chi connectivity index (χ0n) is 16.1. The van der Waals surface area contributed by atoms with Gasteiger partial charge < -0.3 is 23.5 Å². The Labute approximate surface area is 163 Å². The summed E-state index contributed by atoms with van der Waals surface area (Å²) < 4.78 is 27.1. The van der Waals surface area contributed by atoms with Crippen LogP contribution in [-0.4, -0.2) is 31.5 Å². The van der Waals surface area contributed by atoms with Crippen molar-refractivity contribution in [3.63, 3.8) is 0 Å². The minimum atomic E-state index is 0.114. The first-order chi connectivity index (χ1) is 13.7. The van der Waals surface area contributed by atoms with Crippen LogP contribution in [0.2, 0.25) is 0 Å². The number of allylic oxidation sites excluding steroid dienone is 1. The van der Waals surface area contributed by atoms with Crippen molar-refractivity contribution in [1.29, 1.82) is 0 Å². The Morgan fingerprint density at radius 1 is 0.964 bits per heavy atom. The van der Waals surface area contributed by atoms with E-state index in [-0.39, 0.29) is 6.61 Å². The molecule has 1 aromatic heterocycles. The van der Waals surface area contributed by atoms with Crippen LogP contribution in [0.1, 0.15) is 11.5 Å². The summed E-state index contributed by atoms with van der Waals surface area (Å²) in [5, 5.41) is 4.01. The fourth-order valence-corrected chi connectivity index (χ4v) is 2.67. The first kappa shape index (κ1) is 19.3. The third kappa shape index (κ3) is 4.25. The molecule has 0 atom stereocenters. The maximum absolute atomic E-state index is 5.79. The van der Waals surface area contributed by atoms with Crippen LogP contribution in [0.25, 0.3) is 11.4 Å². The average Bonchev–Trinajstić information content (AvgIpc) is 3.21. The summed E-state index contributed by atoms with van der Waals surface area (Å²) in [6.07, 6.45) is 2.59. The van der Waals surface area contributed by atoms with Gasteiger partial charge in [-0.2, -0.15) is 4.98 Å². The standard InChI is InChI=1S/C21H22N2O5/c1-5-6-14-7-10-17(19(11-14)26-4)27-13-20-22-21(23-28-20)16-9-8-15(24-2)12-18(16)25-3/h5,7-12H,1,6,13H2,2-4H3. The molecular weight excluding hydrogens is 360 g/mol. The van der Waals surface area contributed by atoms with Crippen LogP contribution in [0.5, 0.6) is 23.0 Å². The van der Waals surface area contributed by atoms with Crippen LogP contribution in [0, 0.1) is 0 Å². The molecule has 1 heterocycles. The molecule has 0 spiro atoms. The fraction of sp³-hybridized carbons (Fsp3) is 0.238. The summed E-state index contributed by atoms with van der Waals surface area (Å²) in [4.78, 5) is 4.38. The number of hydrogen-bond donors (Lipinski definition) is 0. The maximum Gasteiger partial charge on any atom is 0.264 e. The lowest BCUT2D eigenvalue weighted by Gasteiger charge is -2.10. The van der Waals surface area contributed by atoms with Gasteiger partial charge in [-0.15, -0.1) is 6.58 Å². The number of rotatable bonds is 9.